The van der Waals surface area contributed by atoms with Gasteiger partial charge in [0.05, 0.1) is 0 Å². The van der Waals surface area contributed by atoms with Crippen molar-refractivity contribution in [3.8, 4) is 0 Å². The second-order valence-electron chi connectivity index (χ2n) is 6.84. The molecule has 0 amide bonds. The lowest BCUT2D eigenvalue weighted by molar-refractivity contribution is -0.0496. The Hall–Kier alpha value is -2.29. The van der Waals surface area contributed by atoms with Crippen LogP contribution in [-0.4, -0.2) is 13.9 Å². The Balaban J connectivity index is 2.46. The van der Waals surface area contributed by atoms with E-state index in [0.717, 1.165) is 5.56 Å². The van der Waals surface area contributed by atoms with Crippen molar-refractivity contribution in [1.82, 2.24) is 0 Å². The summed E-state index contributed by atoms with van der Waals surface area (Å²) in [4.78, 5) is 1.14. The highest BCUT2D eigenvalue weighted by Crippen LogP contribution is 2.71. The van der Waals surface area contributed by atoms with Gasteiger partial charge in [0, 0.05) is 14.7 Å². The van der Waals surface area contributed by atoms with Crippen molar-refractivity contribution in [2.24, 2.45) is 0 Å². The number of halogens is 3. The average molecular weight is 455 g/mol. The van der Waals surface area contributed by atoms with Gasteiger partial charge in [-0.2, -0.15) is 25.2 Å². The maximum Gasteiger partial charge on any atom is 0.524 e. The van der Waals surface area contributed by atoms with Crippen LogP contribution in [0.1, 0.15) is 25.3 Å². The second kappa shape index (κ2) is 8.45. The molecule has 0 saturated carbocycles. The maximum absolute atomic E-state index is 13.5. The van der Waals surface area contributed by atoms with Crippen LogP contribution in [0.5, 0.6) is 0 Å². The zero-order chi connectivity index (χ0) is 22.0. The van der Waals surface area contributed by atoms with E-state index in [1.807, 2.05) is 13.8 Å². The van der Waals surface area contributed by atoms with Gasteiger partial charge in [-0.1, -0.05) is 68.4 Å². The van der Waals surface area contributed by atoms with E-state index in [2.05, 4.69) is 0 Å². The Morgan fingerprint density at radius 1 is 0.733 bits per heavy atom. The summed E-state index contributed by atoms with van der Waals surface area (Å²) in [6.45, 7) is 3.80. The molecule has 3 nitrogen and oxygen atoms in total. The van der Waals surface area contributed by atoms with Crippen molar-refractivity contribution < 1.29 is 25.2 Å². The zero-order valence-corrected chi connectivity index (χ0v) is 18.0. The van der Waals surface area contributed by atoms with E-state index < -0.39 is 25.9 Å². The maximum atomic E-state index is 13.5. The average Bonchev–Trinajstić information content (AvgIpc) is 2.72. The van der Waals surface area contributed by atoms with Gasteiger partial charge in [-0.15, -0.1) is 0 Å². The number of hydrogen-bond acceptors (Lipinski definition) is 3. The van der Waals surface area contributed by atoms with Gasteiger partial charge >= 0.3 is 15.6 Å². The molecular formula is C22H21F3O3S2. The minimum Gasteiger partial charge on any atom is -0.200 e. The van der Waals surface area contributed by atoms with E-state index in [1.165, 1.54) is 0 Å². The smallest absolute Gasteiger partial charge is 0.200 e. The molecule has 0 radical (unpaired) electrons. The Bertz CT molecular complexity index is 1060. The number of benzene rings is 3. The first-order valence-electron chi connectivity index (χ1n) is 9.14. The van der Waals surface area contributed by atoms with Crippen LogP contribution >= 0.6 is 10.3 Å². The summed E-state index contributed by atoms with van der Waals surface area (Å²) >= 11 is 0. The lowest BCUT2D eigenvalue weighted by Gasteiger charge is -2.41. The third kappa shape index (κ3) is 4.12. The van der Waals surface area contributed by atoms with Crippen LogP contribution in [0.15, 0.2) is 99.6 Å². The fraction of sp³-hybridized carbons (Fsp3) is 0.182. The summed E-state index contributed by atoms with van der Waals surface area (Å²) < 4.78 is 70.4. The van der Waals surface area contributed by atoms with Crippen LogP contribution < -0.4 is 0 Å². The van der Waals surface area contributed by atoms with Crippen LogP contribution in [0, 0.1) is 0 Å². The van der Waals surface area contributed by atoms with E-state index >= 15 is 0 Å². The van der Waals surface area contributed by atoms with E-state index in [0.29, 0.717) is 14.7 Å². The third-order valence-corrected chi connectivity index (χ3v) is 9.44. The van der Waals surface area contributed by atoms with Crippen molar-refractivity contribution in [2.75, 3.05) is 0 Å². The molecule has 3 aromatic carbocycles. The Morgan fingerprint density at radius 3 is 1.60 bits per heavy atom. The Morgan fingerprint density at radius 2 is 1.17 bits per heavy atom. The predicted molar refractivity (Wildman–Crippen MR) is 112 cm³/mol. The van der Waals surface area contributed by atoms with Gasteiger partial charge in [0.1, 0.15) is 0 Å². The SMILES string of the molecule is CC(C)c1ccccc1S(OS(=O)(=O)C(F)(F)F)(c1ccccc1)c1ccccc1. The lowest BCUT2D eigenvalue weighted by atomic mass is 10.0. The molecule has 3 aromatic rings. The van der Waals surface area contributed by atoms with Crippen LogP contribution in [0.4, 0.5) is 13.2 Å². The van der Waals surface area contributed by atoms with Crippen molar-refractivity contribution in [3.05, 3.63) is 90.5 Å². The van der Waals surface area contributed by atoms with E-state index in [4.69, 9.17) is 3.63 Å². The highest BCUT2D eigenvalue weighted by molar-refractivity contribution is 8.33. The molecule has 0 heterocycles. The van der Waals surface area contributed by atoms with Crippen LogP contribution in [0.2, 0.25) is 0 Å². The summed E-state index contributed by atoms with van der Waals surface area (Å²) in [6.07, 6.45) is 0. The van der Waals surface area contributed by atoms with Crippen LogP contribution in [0.3, 0.4) is 0 Å². The first-order valence-corrected chi connectivity index (χ1v) is 12.1. The number of hydrogen-bond donors (Lipinski definition) is 0. The van der Waals surface area contributed by atoms with E-state index in [1.54, 1.807) is 84.9 Å². The fourth-order valence-electron chi connectivity index (χ4n) is 3.12. The molecule has 8 heteroatoms. The molecule has 0 spiro atoms. The van der Waals surface area contributed by atoms with Crippen molar-refractivity contribution in [1.29, 1.82) is 0 Å². The molecule has 30 heavy (non-hydrogen) atoms. The topological polar surface area (TPSA) is 43.4 Å². The molecule has 0 aromatic heterocycles. The molecule has 0 aliphatic carbocycles. The fourth-order valence-corrected chi connectivity index (χ4v) is 8.19. The molecule has 0 aliphatic heterocycles. The van der Waals surface area contributed by atoms with E-state index in [9.17, 15) is 21.6 Å². The quantitative estimate of drug-likeness (QED) is 0.382. The monoisotopic (exact) mass is 454 g/mol. The van der Waals surface area contributed by atoms with Gasteiger partial charge in [-0.3, -0.25) is 0 Å². The standard InChI is InChI=1S/C22H21F3O3S2/c1-17(2)20-15-9-10-16-21(20)29(18-11-5-3-6-12-18,19-13-7-4-8-14-19)28-30(26,27)22(23,24)25/h3-17H,1-2H3. The second-order valence-corrected chi connectivity index (χ2v) is 11.3. The van der Waals surface area contributed by atoms with Gasteiger partial charge < -0.3 is 0 Å². The Labute approximate surface area is 176 Å². The summed E-state index contributed by atoms with van der Waals surface area (Å²) in [5, 5.41) is 0. The summed E-state index contributed by atoms with van der Waals surface area (Å²) in [6, 6.07) is 23.3. The summed E-state index contributed by atoms with van der Waals surface area (Å²) in [5.74, 6) is -0.0716. The molecule has 160 valence electrons. The third-order valence-electron chi connectivity index (χ3n) is 4.48. The van der Waals surface area contributed by atoms with Gasteiger partial charge in [-0.25, -0.2) is 0 Å². The normalized spacial score (nSPS) is 13.4. The molecule has 0 fully saturated rings. The molecule has 0 unspecified atom stereocenters. The Kier molecular flexibility index (Phi) is 6.31. The summed E-state index contributed by atoms with van der Waals surface area (Å²) in [7, 11) is -9.16. The highest BCUT2D eigenvalue weighted by atomic mass is 32.3. The first kappa shape index (κ1) is 22.4. The predicted octanol–water partition coefficient (Wildman–Crippen LogP) is 6.87. The van der Waals surface area contributed by atoms with Gasteiger partial charge in [0.2, 0.25) is 0 Å². The summed E-state index contributed by atoms with van der Waals surface area (Å²) in [5.41, 5.74) is -4.83. The molecule has 0 N–H and O–H groups in total. The molecule has 0 aliphatic rings. The van der Waals surface area contributed by atoms with Gasteiger partial charge in [-0.05, 0) is 52.1 Å². The van der Waals surface area contributed by atoms with Gasteiger partial charge in [0.25, 0.3) is 0 Å². The number of rotatable bonds is 6. The molecule has 0 bridgehead atoms. The van der Waals surface area contributed by atoms with Crippen LogP contribution in [-0.2, 0) is 13.7 Å². The zero-order valence-electron chi connectivity index (χ0n) is 16.3. The van der Waals surface area contributed by atoms with Crippen molar-refractivity contribution >= 4 is 20.4 Å². The van der Waals surface area contributed by atoms with Crippen molar-refractivity contribution in [3.63, 3.8) is 0 Å². The van der Waals surface area contributed by atoms with Gasteiger partial charge in [0.15, 0.2) is 0 Å². The highest BCUT2D eigenvalue weighted by Gasteiger charge is 2.52. The lowest BCUT2D eigenvalue weighted by Crippen LogP contribution is -2.27. The first-order chi connectivity index (χ1) is 14.1. The minimum atomic E-state index is -5.91. The molecule has 0 saturated heterocycles. The molecule has 3 rings (SSSR count). The number of alkyl halides is 3. The minimum absolute atomic E-state index is 0.0716. The van der Waals surface area contributed by atoms with E-state index in [-0.39, 0.29) is 5.92 Å². The van der Waals surface area contributed by atoms with Crippen LogP contribution in [0.25, 0.3) is 0 Å². The molecular weight excluding hydrogens is 433 g/mol. The van der Waals surface area contributed by atoms with Crippen molar-refractivity contribution in [2.45, 2.75) is 40.0 Å². The largest absolute Gasteiger partial charge is 0.524 e. The molecule has 0 atom stereocenters.